The van der Waals surface area contributed by atoms with Crippen molar-refractivity contribution >= 4 is 11.9 Å². The van der Waals surface area contributed by atoms with Crippen LogP contribution in [0.15, 0.2) is 18.2 Å². The number of amides is 1. The third-order valence-corrected chi connectivity index (χ3v) is 4.19. The van der Waals surface area contributed by atoms with E-state index >= 15 is 0 Å². The predicted molar refractivity (Wildman–Crippen MR) is 70.6 cm³/mol. The van der Waals surface area contributed by atoms with E-state index in [1.807, 2.05) is 0 Å². The zero-order valence-corrected chi connectivity index (χ0v) is 11.5. The largest absolute Gasteiger partial charge is 0.379 e. The van der Waals surface area contributed by atoms with Crippen LogP contribution < -0.4 is 5.32 Å². The van der Waals surface area contributed by atoms with Gasteiger partial charge in [-0.3, -0.25) is 15.1 Å². The highest BCUT2D eigenvalue weighted by atomic mass is 19.1. The van der Waals surface area contributed by atoms with Crippen LogP contribution in [0.25, 0.3) is 0 Å². The van der Waals surface area contributed by atoms with Crippen molar-refractivity contribution in [3.05, 3.63) is 35.4 Å². The summed E-state index contributed by atoms with van der Waals surface area (Å²) in [7, 11) is 1.49. The SMILES string of the molecule is CN1C(=N)NC2(c3cc(F)ccc3F)COCCC2C1=O. The number of nitrogens with one attached hydrogen (secondary N) is 2. The Morgan fingerprint density at radius 2 is 2.24 bits per heavy atom. The Labute approximate surface area is 120 Å². The van der Waals surface area contributed by atoms with Gasteiger partial charge in [-0.15, -0.1) is 0 Å². The fraction of sp³-hybridized carbons (Fsp3) is 0.429. The molecule has 2 fully saturated rings. The summed E-state index contributed by atoms with van der Waals surface area (Å²) < 4.78 is 33.2. The molecule has 0 saturated carbocycles. The number of hydrogen-bond acceptors (Lipinski definition) is 3. The molecule has 2 saturated heterocycles. The fourth-order valence-electron chi connectivity index (χ4n) is 3.05. The van der Waals surface area contributed by atoms with Crippen LogP contribution in [0, 0.1) is 23.0 Å². The molecular weight excluding hydrogens is 280 g/mol. The van der Waals surface area contributed by atoms with E-state index in [9.17, 15) is 13.6 Å². The highest BCUT2D eigenvalue weighted by Gasteiger charge is 2.53. The lowest BCUT2D eigenvalue weighted by Crippen LogP contribution is -2.68. The van der Waals surface area contributed by atoms with Crippen molar-refractivity contribution in [2.24, 2.45) is 5.92 Å². The minimum absolute atomic E-state index is 0.0139. The van der Waals surface area contributed by atoms with Crippen molar-refractivity contribution in [3.63, 3.8) is 0 Å². The van der Waals surface area contributed by atoms with Crippen LogP contribution in [0.5, 0.6) is 0 Å². The summed E-state index contributed by atoms with van der Waals surface area (Å²) in [6.45, 7) is 0.387. The van der Waals surface area contributed by atoms with E-state index < -0.39 is 23.1 Å². The summed E-state index contributed by atoms with van der Waals surface area (Å²) in [5.41, 5.74) is -1.20. The summed E-state index contributed by atoms with van der Waals surface area (Å²) in [6.07, 6.45) is 0.388. The third kappa shape index (κ3) is 1.99. The summed E-state index contributed by atoms with van der Waals surface area (Å²) in [5.74, 6) is -2.24. The molecule has 2 atom stereocenters. The standard InChI is InChI=1S/C14H15F2N3O2/c1-19-12(20)9-4-5-21-7-14(9,18-13(19)17)10-6-8(15)2-3-11(10)16/h2-3,6,9H,4-5,7H2,1H3,(H2,17,18). The number of halogens is 2. The van der Waals surface area contributed by atoms with Gasteiger partial charge in [0.1, 0.15) is 17.2 Å². The Hall–Kier alpha value is -2.02. The van der Waals surface area contributed by atoms with Crippen molar-refractivity contribution in [1.29, 1.82) is 5.41 Å². The molecule has 21 heavy (non-hydrogen) atoms. The van der Waals surface area contributed by atoms with E-state index in [1.165, 1.54) is 11.9 Å². The van der Waals surface area contributed by atoms with Crippen LogP contribution in [0.4, 0.5) is 8.78 Å². The summed E-state index contributed by atoms with van der Waals surface area (Å²) in [5, 5.41) is 10.7. The first-order valence-electron chi connectivity index (χ1n) is 6.63. The van der Waals surface area contributed by atoms with Crippen molar-refractivity contribution in [1.82, 2.24) is 10.2 Å². The number of carbonyl (C=O) groups is 1. The van der Waals surface area contributed by atoms with Crippen LogP contribution in [0.3, 0.4) is 0 Å². The molecule has 7 heteroatoms. The van der Waals surface area contributed by atoms with Gasteiger partial charge in [-0.2, -0.15) is 0 Å². The maximum atomic E-state index is 14.2. The molecule has 0 spiro atoms. The van der Waals surface area contributed by atoms with Gasteiger partial charge >= 0.3 is 0 Å². The lowest BCUT2D eigenvalue weighted by molar-refractivity contribution is -0.143. The molecule has 0 radical (unpaired) electrons. The summed E-state index contributed by atoms with van der Waals surface area (Å²) >= 11 is 0. The second-order valence-electron chi connectivity index (χ2n) is 5.36. The Morgan fingerprint density at radius 3 is 3.00 bits per heavy atom. The van der Waals surface area contributed by atoms with Gasteiger partial charge in [0.25, 0.3) is 0 Å². The normalized spacial score (nSPS) is 29.1. The Morgan fingerprint density at radius 1 is 1.48 bits per heavy atom. The van der Waals surface area contributed by atoms with Crippen molar-refractivity contribution < 1.29 is 18.3 Å². The van der Waals surface area contributed by atoms with Crippen LogP contribution in [-0.2, 0) is 15.1 Å². The topological polar surface area (TPSA) is 65.4 Å². The van der Waals surface area contributed by atoms with E-state index in [0.29, 0.717) is 13.0 Å². The molecule has 112 valence electrons. The number of carbonyl (C=O) groups excluding carboxylic acids is 1. The molecule has 1 amide bonds. The Kier molecular flexibility index (Phi) is 3.16. The predicted octanol–water partition coefficient (Wildman–Crippen LogP) is 1.19. The van der Waals surface area contributed by atoms with Crippen molar-refractivity contribution in [2.45, 2.75) is 12.0 Å². The second-order valence-corrected chi connectivity index (χ2v) is 5.36. The van der Waals surface area contributed by atoms with Gasteiger partial charge in [0.2, 0.25) is 5.91 Å². The summed E-state index contributed by atoms with van der Waals surface area (Å²) in [4.78, 5) is 13.6. The summed E-state index contributed by atoms with van der Waals surface area (Å²) in [6, 6.07) is 3.12. The Balaban J connectivity index is 2.16. The minimum atomic E-state index is -1.23. The number of rotatable bonds is 1. The third-order valence-electron chi connectivity index (χ3n) is 4.19. The molecule has 1 aromatic carbocycles. The van der Waals surface area contributed by atoms with Gasteiger partial charge in [0.15, 0.2) is 5.96 Å². The molecule has 0 bridgehead atoms. The maximum Gasteiger partial charge on any atom is 0.235 e. The first kappa shape index (κ1) is 13.9. The number of nitrogens with zero attached hydrogens (tertiary/aromatic N) is 1. The van der Waals surface area contributed by atoms with Crippen LogP contribution in [-0.4, -0.2) is 37.0 Å². The van der Waals surface area contributed by atoms with E-state index in [0.717, 1.165) is 18.2 Å². The molecular formula is C14H15F2N3O2. The van der Waals surface area contributed by atoms with Gasteiger partial charge < -0.3 is 10.1 Å². The van der Waals surface area contributed by atoms with Gasteiger partial charge in [0.05, 0.1) is 12.5 Å². The van der Waals surface area contributed by atoms with Crippen LogP contribution in [0.1, 0.15) is 12.0 Å². The van der Waals surface area contributed by atoms with E-state index in [-0.39, 0.29) is 24.0 Å². The van der Waals surface area contributed by atoms with Gasteiger partial charge in [0, 0.05) is 19.2 Å². The van der Waals surface area contributed by atoms with Crippen LogP contribution in [0.2, 0.25) is 0 Å². The lowest BCUT2D eigenvalue weighted by atomic mass is 9.73. The van der Waals surface area contributed by atoms with Crippen molar-refractivity contribution in [2.75, 3.05) is 20.3 Å². The molecule has 2 unspecified atom stereocenters. The van der Waals surface area contributed by atoms with E-state index in [2.05, 4.69) is 5.32 Å². The van der Waals surface area contributed by atoms with Gasteiger partial charge in [-0.25, -0.2) is 8.78 Å². The molecule has 0 aromatic heterocycles. The molecule has 5 nitrogen and oxygen atoms in total. The molecule has 2 N–H and O–H groups in total. The van der Waals surface area contributed by atoms with E-state index in [1.54, 1.807) is 0 Å². The lowest BCUT2D eigenvalue weighted by Gasteiger charge is -2.49. The molecule has 2 aliphatic heterocycles. The van der Waals surface area contributed by atoms with Gasteiger partial charge in [-0.1, -0.05) is 0 Å². The molecule has 0 aliphatic carbocycles. The smallest absolute Gasteiger partial charge is 0.235 e. The second kappa shape index (κ2) is 4.77. The number of guanidine groups is 1. The zero-order chi connectivity index (χ0) is 15.2. The molecule has 2 heterocycles. The number of ether oxygens (including phenoxy) is 1. The highest BCUT2D eigenvalue weighted by Crippen LogP contribution is 2.40. The first-order chi connectivity index (χ1) is 9.95. The number of fused-ring (bicyclic) bond motifs is 1. The Bertz CT molecular complexity index is 622. The van der Waals surface area contributed by atoms with Crippen LogP contribution >= 0.6 is 0 Å². The zero-order valence-electron chi connectivity index (χ0n) is 11.5. The van der Waals surface area contributed by atoms with Gasteiger partial charge in [-0.05, 0) is 24.6 Å². The van der Waals surface area contributed by atoms with E-state index in [4.69, 9.17) is 10.1 Å². The number of hydrogen-bond donors (Lipinski definition) is 2. The monoisotopic (exact) mass is 295 g/mol. The average molecular weight is 295 g/mol. The highest BCUT2D eigenvalue weighted by molar-refractivity contribution is 6.00. The average Bonchev–Trinajstić information content (AvgIpc) is 2.47. The quantitative estimate of drug-likeness (QED) is 0.818. The van der Waals surface area contributed by atoms with Crippen molar-refractivity contribution in [3.8, 4) is 0 Å². The maximum absolute atomic E-state index is 14.2. The molecule has 3 rings (SSSR count). The first-order valence-corrected chi connectivity index (χ1v) is 6.63. The minimum Gasteiger partial charge on any atom is -0.379 e. The molecule has 1 aromatic rings. The molecule has 2 aliphatic rings. The number of benzene rings is 1. The fourth-order valence-corrected chi connectivity index (χ4v) is 3.05.